The van der Waals surface area contributed by atoms with Crippen LogP contribution in [0.25, 0.3) is 5.82 Å². The molecule has 0 amide bonds. The molecule has 0 radical (unpaired) electrons. The number of nitrogens with zero attached hydrogens (tertiary/aromatic N) is 5. The lowest BCUT2D eigenvalue weighted by molar-refractivity contribution is 0.133. The third kappa shape index (κ3) is 4.60. The summed E-state index contributed by atoms with van der Waals surface area (Å²) in [6.07, 6.45) is 4.92. The Balaban J connectivity index is 1.35. The summed E-state index contributed by atoms with van der Waals surface area (Å²) in [6, 6.07) is 22.5. The quantitative estimate of drug-likeness (QED) is 0.425. The molecule has 6 nitrogen and oxygen atoms in total. The second-order valence-electron chi connectivity index (χ2n) is 8.10. The number of aromatic nitrogens is 3. The largest absolute Gasteiger partial charge is 0.368 e. The summed E-state index contributed by atoms with van der Waals surface area (Å²) in [4.78, 5) is 9.91. The van der Waals surface area contributed by atoms with Gasteiger partial charge in [0.25, 0.3) is 0 Å². The highest BCUT2D eigenvalue weighted by Crippen LogP contribution is 2.33. The molecular formula is C25H27N5OS. The molecule has 1 fully saturated rings. The van der Waals surface area contributed by atoms with E-state index in [-0.39, 0.29) is 6.04 Å². The Labute approximate surface area is 192 Å². The van der Waals surface area contributed by atoms with Crippen molar-refractivity contribution in [1.82, 2.24) is 19.7 Å². The van der Waals surface area contributed by atoms with Gasteiger partial charge in [0.1, 0.15) is 0 Å². The van der Waals surface area contributed by atoms with Gasteiger partial charge in [-0.2, -0.15) is 0 Å². The van der Waals surface area contributed by atoms with Crippen LogP contribution in [0, 0.1) is 0 Å². The van der Waals surface area contributed by atoms with Crippen molar-refractivity contribution in [2.45, 2.75) is 31.7 Å². The standard InChI is InChI=1S/C25H27N5OS/c31-25(22-9-6-18-32-22)30(24-13-17-29(27-24)23-10-4-5-14-26-23)21-11-15-28(16-12-21)19-20-7-2-1-3-8-20/h1-10,13-14,17-18,21,25,31H,11-12,15-16,19H2. The molecule has 4 heterocycles. The minimum atomic E-state index is -0.715. The molecule has 0 spiro atoms. The van der Waals surface area contributed by atoms with Crippen LogP contribution in [0.2, 0.25) is 0 Å². The van der Waals surface area contributed by atoms with E-state index in [1.165, 1.54) is 5.56 Å². The first-order valence-corrected chi connectivity index (χ1v) is 11.9. The molecule has 1 atom stereocenters. The second kappa shape index (κ2) is 9.65. The SMILES string of the molecule is OC(c1cccs1)N(c1ccn(-c2ccccn2)n1)C1CCN(Cc2ccccc2)CC1. The number of anilines is 1. The summed E-state index contributed by atoms with van der Waals surface area (Å²) in [5.74, 6) is 1.54. The molecule has 32 heavy (non-hydrogen) atoms. The fourth-order valence-corrected chi connectivity index (χ4v) is 5.06. The van der Waals surface area contributed by atoms with Crippen LogP contribution in [0.5, 0.6) is 0 Å². The van der Waals surface area contributed by atoms with Gasteiger partial charge < -0.3 is 10.0 Å². The first kappa shape index (κ1) is 20.9. The summed E-state index contributed by atoms with van der Waals surface area (Å²) in [5.41, 5.74) is 1.34. The molecule has 0 bridgehead atoms. The number of likely N-dealkylation sites (tertiary alicyclic amines) is 1. The molecule has 3 aromatic heterocycles. The van der Waals surface area contributed by atoms with Gasteiger partial charge in [-0.15, -0.1) is 16.4 Å². The number of piperidine rings is 1. The van der Waals surface area contributed by atoms with Crippen LogP contribution in [0.1, 0.15) is 29.5 Å². The maximum atomic E-state index is 11.3. The Bertz CT molecular complexity index is 1090. The molecule has 5 rings (SSSR count). The number of benzene rings is 1. The summed E-state index contributed by atoms with van der Waals surface area (Å²) in [6.45, 7) is 2.96. The van der Waals surface area contributed by atoms with E-state index < -0.39 is 6.23 Å². The second-order valence-corrected chi connectivity index (χ2v) is 9.07. The lowest BCUT2D eigenvalue weighted by atomic mass is 10.0. The first-order chi connectivity index (χ1) is 15.8. The van der Waals surface area contributed by atoms with Crippen LogP contribution in [0.3, 0.4) is 0 Å². The van der Waals surface area contributed by atoms with Crippen LogP contribution in [0.4, 0.5) is 5.82 Å². The fourth-order valence-electron chi connectivity index (χ4n) is 4.35. The number of rotatable bonds is 7. The predicted molar refractivity (Wildman–Crippen MR) is 128 cm³/mol. The third-order valence-electron chi connectivity index (χ3n) is 5.98. The van der Waals surface area contributed by atoms with Crippen molar-refractivity contribution in [1.29, 1.82) is 0 Å². The average molecular weight is 446 g/mol. The molecule has 0 saturated carbocycles. The molecule has 164 valence electrons. The molecule has 1 N–H and O–H groups in total. The van der Waals surface area contributed by atoms with E-state index in [9.17, 15) is 5.11 Å². The van der Waals surface area contributed by atoms with Gasteiger partial charge >= 0.3 is 0 Å². The van der Waals surface area contributed by atoms with Crippen molar-refractivity contribution in [2.24, 2.45) is 0 Å². The Morgan fingerprint density at radius 2 is 1.81 bits per heavy atom. The lowest BCUT2D eigenvalue weighted by Crippen LogP contribution is -2.46. The van der Waals surface area contributed by atoms with E-state index in [0.717, 1.165) is 49.0 Å². The third-order valence-corrected chi connectivity index (χ3v) is 6.90. The minimum absolute atomic E-state index is 0.214. The zero-order valence-electron chi connectivity index (χ0n) is 17.9. The van der Waals surface area contributed by atoms with Crippen LogP contribution in [0.15, 0.2) is 84.5 Å². The van der Waals surface area contributed by atoms with Crippen molar-refractivity contribution in [3.05, 3.63) is 94.9 Å². The van der Waals surface area contributed by atoms with Gasteiger partial charge in [0, 0.05) is 44.1 Å². The average Bonchev–Trinajstić information content (AvgIpc) is 3.55. The smallest absolute Gasteiger partial charge is 0.164 e. The zero-order chi connectivity index (χ0) is 21.8. The molecule has 4 aromatic rings. The van der Waals surface area contributed by atoms with Gasteiger partial charge in [0.05, 0.1) is 4.88 Å². The summed E-state index contributed by atoms with van der Waals surface area (Å²) in [7, 11) is 0. The van der Waals surface area contributed by atoms with E-state index >= 15 is 0 Å². The van der Waals surface area contributed by atoms with E-state index in [1.807, 2.05) is 48.0 Å². The van der Waals surface area contributed by atoms with Gasteiger partial charge in [-0.1, -0.05) is 42.5 Å². The Morgan fingerprint density at radius 3 is 2.53 bits per heavy atom. The Morgan fingerprint density at radius 1 is 1.00 bits per heavy atom. The highest BCUT2D eigenvalue weighted by atomic mass is 32.1. The van der Waals surface area contributed by atoms with Crippen LogP contribution >= 0.6 is 11.3 Å². The van der Waals surface area contributed by atoms with Crippen LogP contribution in [-0.2, 0) is 6.54 Å². The number of aliphatic hydroxyl groups excluding tert-OH is 1. The molecule has 1 aliphatic heterocycles. The van der Waals surface area contributed by atoms with E-state index in [4.69, 9.17) is 5.10 Å². The fraction of sp³-hybridized carbons (Fsp3) is 0.280. The number of hydrogen-bond acceptors (Lipinski definition) is 6. The molecular weight excluding hydrogens is 418 g/mol. The van der Waals surface area contributed by atoms with Crippen molar-refractivity contribution in [2.75, 3.05) is 18.0 Å². The highest BCUT2D eigenvalue weighted by molar-refractivity contribution is 7.10. The number of thiophene rings is 1. The number of pyridine rings is 1. The molecule has 7 heteroatoms. The van der Waals surface area contributed by atoms with Gasteiger partial charge in [-0.25, -0.2) is 9.67 Å². The maximum Gasteiger partial charge on any atom is 0.164 e. The molecule has 1 saturated heterocycles. The first-order valence-electron chi connectivity index (χ1n) is 11.0. The molecule has 1 aromatic carbocycles. The monoisotopic (exact) mass is 445 g/mol. The Hall–Kier alpha value is -3.00. The predicted octanol–water partition coefficient (Wildman–Crippen LogP) is 4.49. The van der Waals surface area contributed by atoms with E-state index in [0.29, 0.717) is 0 Å². The van der Waals surface area contributed by atoms with Gasteiger partial charge in [-0.3, -0.25) is 4.90 Å². The summed E-state index contributed by atoms with van der Waals surface area (Å²) < 4.78 is 1.77. The Kier molecular flexibility index (Phi) is 6.29. The van der Waals surface area contributed by atoms with Crippen molar-refractivity contribution in [3.63, 3.8) is 0 Å². The highest BCUT2D eigenvalue weighted by Gasteiger charge is 2.31. The topological polar surface area (TPSA) is 57.4 Å². The van der Waals surface area contributed by atoms with Crippen molar-refractivity contribution in [3.8, 4) is 5.82 Å². The number of hydrogen-bond donors (Lipinski definition) is 1. The molecule has 1 aliphatic rings. The zero-order valence-corrected chi connectivity index (χ0v) is 18.7. The van der Waals surface area contributed by atoms with Crippen LogP contribution < -0.4 is 4.90 Å². The molecule has 0 aliphatic carbocycles. The normalized spacial score (nSPS) is 16.2. The lowest BCUT2D eigenvalue weighted by Gasteiger charge is -2.40. The maximum absolute atomic E-state index is 11.3. The van der Waals surface area contributed by atoms with Gasteiger partial charge in [0.2, 0.25) is 0 Å². The summed E-state index contributed by atoms with van der Waals surface area (Å²) in [5, 5.41) is 18.1. The summed E-state index contributed by atoms with van der Waals surface area (Å²) >= 11 is 1.57. The van der Waals surface area contributed by atoms with E-state index in [2.05, 4.69) is 45.1 Å². The van der Waals surface area contributed by atoms with Gasteiger partial charge in [0.15, 0.2) is 17.9 Å². The molecule has 1 unspecified atom stereocenters. The minimum Gasteiger partial charge on any atom is -0.368 e. The van der Waals surface area contributed by atoms with Gasteiger partial charge in [-0.05, 0) is 42.0 Å². The van der Waals surface area contributed by atoms with E-state index in [1.54, 1.807) is 22.2 Å². The van der Waals surface area contributed by atoms with Crippen molar-refractivity contribution >= 4 is 17.2 Å². The number of aliphatic hydroxyl groups is 1. The van der Waals surface area contributed by atoms with Crippen LogP contribution in [-0.4, -0.2) is 43.9 Å². The van der Waals surface area contributed by atoms with Crippen molar-refractivity contribution < 1.29 is 5.11 Å².